The van der Waals surface area contributed by atoms with Crippen LogP contribution in [0.5, 0.6) is 23.0 Å². The van der Waals surface area contributed by atoms with Gasteiger partial charge < -0.3 is 56.0 Å². The summed E-state index contributed by atoms with van der Waals surface area (Å²) in [6, 6.07) is 22.7. The monoisotopic (exact) mass is 988 g/mol. The molecule has 7 N–H and O–H groups in total. The van der Waals surface area contributed by atoms with Gasteiger partial charge in [-0.15, -0.1) is 0 Å². The van der Waals surface area contributed by atoms with Gasteiger partial charge >= 0.3 is 6.09 Å². The van der Waals surface area contributed by atoms with E-state index in [-0.39, 0.29) is 50.1 Å². The average Bonchev–Trinajstić information content (AvgIpc) is 3.88. The third-order valence-electron chi connectivity index (χ3n) is 9.65. The van der Waals surface area contributed by atoms with Gasteiger partial charge in [-0.2, -0.15) is 0 Å². The zero-order chi connectivity index (χ0) is 50.1. The second kappa shape index (κ2) is 25.4. The zero-order valence-corrected chi connectivity index (χ0v) is 41.2. The Morgan fingerprint density at radius 1 is 0.681 bits per heavy atom. The number of hydrogen-bond acceptors (Lipinski definition) is 17. The molecule has 0 radical (unpaired) electrons. The highest BCUT2D eigenvalue weighted by molar-refractivity contribution is 7.18. The highest BCUT2D eigenvalue weighted by atomic mass is 32.1. The SMILES string of the molecule is CCN(CCCOc1ccc(Nc2nc(N)c(C(=O)c3ccc(OC)c(F)c3)s2)cc1)C(=O)OC(C)(C)C.CCNCCCOc1ccc(Nc2nc(N)c(C(=O)c3ccc(OC)c(F)c3)s2)cc1. The molecule has 6 aromatic rings. The fourth-order valence-electron chi connectivity index (χ4n) is 6.20. The largest absolute Gasteiger partial charge is 0.494 e. The maximum Gasteiger partial charge on any atom is 0.410 e. The van der Waals surface area contributed by atoms with Crippen LogP contribution in [0.15, 0.2) is 84.9 Å². The predicted molar refractivity (Wildman–Crippen MR) is 268 cm³/mol. The molecule has 6 rings (SSSR count). The van der Waals surface area contributed by atoms with Crippen LogP contribution >= 0.6 is 22.7 Å². The Bertz CT molecular complexity index is 2640. The molecule has 0 saturated heterocycles. The van der Waals surface area contributed by atoms with Crippen molar-refractivity contribution in [3.63, 3.8) is 0 Å². The Hall–Kier alpha value is -7.03. The predicted octanol–water partition coefficient (Wildman–Crippen LogP) is 10.1. The lowest BCUT2D eigenvalue weighted by Crippen LogP contribution is -2.37. The van der Waals surface area contributed by atoms with Crippen LogP contribution in [0.2, 0.25) is 0 Å². The van der Waals surface area contributed by atoms with E-state index in [0.29, 0.717) is 48.7 Å². The maximum absolute atomic E-state index is 14.0. The first-order valence-corrected chi connectivity index (χ1v) is 23.6. The number of nitrogen functional groups attached to an aromatic ring is 2. The summed E-state index contributed by atoms with van der Waals surface area (Å²) in [7, 11) is 2.72. The molecule has 20 heteroatoms. The van der Waals surface area contributed by atoms with Gasteiger partial charge in [-0.3, -0.25) is 9.59 Å². The standard InChI is InChI=1S/C27H33FN4O5S.C22H25FN4O3S/c1-6-32(26(34)37-27(2,3)4)14-7-15-36-19-11-9-18(10-12-19)30-25-31-24(29)23(38-25)22(33)17-8-13-21(35-5)20(28)16-17;1-3-25-11-4-12-30-16-8-6-15(7-9-16)26-22-27-21(24)20(31-22)19(28)14-5-10-18(29-2)17(23)13-14/h8-13,16H,6-7,14-15,29H2,1-5H3,(H,30,31);5-10,13,25H,3-4,11-12,24H2,1-2H3,(H,26,27). The van der Waals surface area contributed by atoms with Crippen molar-refractivity contribution in [2.45, 2.75) is 53.1 Å². The number of carbonyl (C=O) groups is 3. The van der Waals surface area contributed by atoms with Crippen LogP contribution in [-0.2, 0) is 4.74 Å². The van der Waals surface area contributed by atoms with Crippen molar-refractivity contribution in [3.8, 4) is 23.0 Å². The Morgan fingerprint density at radius 2 is 1.13 bits per heavy atom. The summed E-state index contributed by atoms with van der Waals surface area (Å²) in [5.41, 5.74) is 13.2. The Balaban J connectivity index is 0.000000263. The lowest BCUT2D eigenvalue weighted by atomic mass is 10.1. The van der Waals surface area contributed by atoms with E-state index in [9.17, 15) is 23.2 Å². The molecule has 16 nitrogen and oxygen atoms in total. The molecule has 0 spiro atoms. The number of methoxy groups -OCH3 is 2. The third kappa shape index (κ3) is 15.8. The highest BCUT2D eigenvalue weighted by Crippen LogP contribution is 2.33. The number of nitrogens with zero attached hydrogens (tertiary/aromatic N) is 3. The molecular weight excluding hydrogens is 931 g/mol. The summed E-state index contributed by atoms with van der Waals surface area (Å²) >= 11 is 2.19. The van der Waals surface area contributed by atoms with Gasteiger partial charge in [-0.05, 0) is 139 Å². The fraction of sp³-hybridized carbons (Fsp3) is 0.327. The Morgan fingerprint density at radius 3 is 1.52 bits per heavy atom. The van der Waals surface area contributed by atoms with E-state index in [1.165, 1.54) is 38.5 Å². The summed E-state index contributed by atoms with van der Waals surface area (Å²) in [4.78, 5) is 48.3. The van der Waals surface area contributed by atoms with Crippen LogP contribution in [0.25, 0.3) is 0 Å². The lowest BCUT2D eigenvalue weighted by Gasteiger charge is -2.26. The van der Waals surface area contributed by atoms with Crippen LogP contribution in [0.3, 0.4) is 0 Å². The number of rotatable bonds is 22. The Kier molecular flexibility index (Phi) is 19.5. The maximum atomic E-state index is 14.0. The number of anilines is 6. The molecule has 1 amide bonds. The van der Waals surface area contributed by atoms with E-state index >= 15 is 0 Å². The highest BCUT2D eigenvalue weighted by Gasteiger charge is 2.23. The number of carbonyl (C=O) groups excluding carboxylic acids is 3. The van der Waals surface area contributed by atoms with Crippen molar-refractivity contribution >= 4 is 73.6 Å². The molecule has 368 valence electrons. The van der Waals surface area contributed by atoms with E-state index in [0.717, 1.165) is 71.4 Å². The minimum absolute atomic E-state index is 0.0531. The topological polar surface area (TPSA) is 215 Å². The van der Waals surface area contributed by atoms with Crippen molar-refractivity contribution < 1.29 is 46.8 Å². The molecule has 0 fully saturated rings. The molecule has 4 aromatic carbocycles. The van der Waals surface area contributed by atoms with Gasteiger partial charge in [0.2, 0.25) is 11.6 Å². The van der Waals surface area contributed by atoms with E-state index in [2.05, 4.69) is 32.8 Å². The van der Waals surface area contributed by atoms with Gasteiger partial charge in [-0.1, -0.05) is 29.6 Å². The first-order chi connectivity index (χ1) is 33.0. The van der Waals surface area contributed by atoms with E-state index in [1.807, 2.05) is 64.1 Å². The summed E-state index contributed by atoms with van der Waals surface area (Å²) < 4.78 is 54.6. The number of amides is 1. The number of thiazole rings is 2. The first-order valence-electron chi connectivity index (χ1n) is 22.0. The van der Waals surface area contributed by atoms with Crippen LogP contribution in [0.1, 0.15) is 77.9 Å². The van der Waals surface area contributed by atoms with Gasteiger partial charge in [-0.25, -0.2) is 23.5 Å². The first kappa shape index (κ1) is 52.9. The van der Waals surface area contributed by atoms with E-state index in [1.54, 1.807) is 17.0 Å². The molecular formula is C49H58F2N8O8S2. The summed E-state index contributed by atoms with van der Waals surface area (Å²) in [6.45, 7) is 13.5. The average molecular weight is 989 g/mol. The molecule has 2 heterocycles. The summed E-state index contributed by atoms with van der Waals surface area (Å²) in [5.74, 6) is -0.340. The number of hydrogen-bond donors (Lipinski definition) is 5. The molecule has 0 unspecified atom stereocenters. The van der Waals surface area contributed by atoms with Crippen LogP contribution in [-0.4, -0.2) is 91.7 Å². The van der Waals surface area contributed by atoms with Gasteiger partial charge in [0.25, 0.3) is 0 Å². The number of aromatic nitrogens is 2. The van der Waals surface area contributed by atoms with Crippen molar-refractivity contribution in [1.29, 1.82) is 0 Å². The lowest BCUT2D eigenvalue weighted by molar-refractivity contribution is 0.0252. The minimum atomic E-state index is -0.632. The number of benzene rings is 4. The van der Waals surface area contributed by atoms with Gasteiger partial charge in [0, 0.05) is 35.6 Å². The normalized spacial score (nSPS) is 10.9. The van der Waals surface area contributed by atoms with Gasteiger partial charge in [0.15, 0.2) is 33.4 Å². The van der Waals surface area contributed by atoms with Crippen LogP contribution in [0, 0.1) is 11.6 Å². The molecule has 0 saturated carbocycles. The number of nitrogens with two attached hydrogens (primary N) is 2. The van der Waals surface area contributed by atoms with Crippen LogP contribution in [0.4, 0.5) is 46.8 Å². The van der Waals surface area contributed by atoms with E-state index < -0.39 is 28.8 Å². The number of ether oxygens (including phenoxy) is 5. The zero-order valence-electron chi connectivity index (χ0n) is 39.6. The molecule has 69 heavy (non-hydrogen) atoms. The van der Waals surface area contributed by atoms with Crippen molar-refractivity contribution in [2.24, 2.45) is 0 Å². The van der Waals surface area contributed by atoms with Crippen molar-refractivity contribution in [3.05, 3.63) is 117 Å². The Labute approximate surface area is 408 Å². The summed E-state index contributed by atoms with van der Waals surface area (Å²) in [5, 5.41) is 10.4. The van der Waals surface area contributed by atoms with Crippen molar-refractivity contribution in [2.75, 3.05) is 75.7 Å². The van der Waals surface area contributed by atoms with E-state index in [4.69, 9.17) is 35.2 Å². The molecule has 2 aromatic heterocycles. The number of halogens is 2. The van der Waals surface area contributed by atoms with Crippen LogP contribution < -0.4 is 46.4 Å². The quantitative estimate of drug-likeness (QED) is 0.0316. The smallest absolute Gasteiger partial charge is 0.410 e. The molecule has 0 aliphatic rings. The minimum Gasteiger partial charge on any atom is -0.494 e. The molecule has 0 aliphatic carbocycles. The van der Waals surface area contributed by atoms with Crippen molar-refractivity contribution in [1.82, 2.24) is 20.2 Å². The molecule has 0 aliphatic heterocycles. The summed E-state index contributed by atoms with van der Waals surface area (Å²) in [6.07, 6.45) is 1.25. The number of nitrogens with one attached hydrogen (secondary N) is 3. The second-order valence-electron chi connectivity index (χ2n) is 15.9. The fourth-order valence-corrected chi connectivity index (χ4v) is 7.94. The van der Waals surface area contributed by atoms with Gasteiger partial charge in [0.1, 0.15) is 38.5 Å². The second-order valence-corrected chi connectivity index (χ2v) is 17.9. The van der Waals surface area contributed by atoms with Gasteiger partial charge in [0.05, 0.1) is 27.4 Å². The number of ketones is 2. The molecule has 0 bridgehead atoms. The third-order valence-corrected chi connectivity index (χ3v) is 11.6. The molecule has 0 atom stereocenters.